The fraction of sp³-hybridized carbons (Fsp3) is 0.647. The van der Waals surface area contributed by atoms with Gasteiger partial charge in [0.2, 0.25) is 0 Å². The van der Waals surface area contributed by atoms with Crippen molar-refractivity contribution in [3.05, 3.63) is 24.4 Å². The number of carbonyl (C=O) groups excluding carboxylic acids is 1. The molecule has 3 aliphatic heterocycles. The van der Waals surface area contributed by atoms with Gasteiger partial charge in [0.1, 0.15) is 5.82 Å². The molecule has 0 aromatic carbocycles. The van der Waals surface area contributed by atoms with Crippen molar-refractivity contribution in [3.8, 4) is 0 Å². The summed E-state index contributed by atoms with van der Waals surface area (Å²) in [5.41, 5.74) is 0. The SMILES string of the molecule is O=C(N1CCCC1)N1C[C@H]2[C@H](CNc3ccccn3)CO[C@H]2C1. The Bertz CT molecular complexity index is 547. The summed E-state index contributed by atoms with van der Waals surface area (Å²) < 4.78 is 5.95. The first-order valence-corrected chi connectivity index (χ1v) is 8.61. The number of nitrogens with one attached hydrogen (secondary N) is 1. The summed E-state index contributed by atoms with van der Waals surface area (Å²) in [5.74, 6) is 1.79. The average Bonchev–Trinajstić information content (AvgIpc) is 3.30. The van der Waals surface area contributed by atoms with Crippen molar-refractivity contribution in [2.24, 2.45) is 11.8 Å². The van der Waals surface area contributed by atoms with Crippen molar-refractivity contribution in [1.29, 1.82) is 0 Å². The highest BCUT2D eigenvalue weighted by atomic mass is 16.5. The van der Waals surface area contributed by atoms with Crippen LogP contribution < -0.4 is 5.32 Å². The first-order valence-electron chi connectivity index (χ1n) is 8.61. The van der Waals surface area contributed by atoms with Gasteiger partial charge in [-0.05, 0) is 25.0 Å². The molecule has 3 fully saturated rings. The Labute approximate surface area is 136 Å². The van der Waals surface area contributed by atoms with Crippen molar-refractivity contribution in [2.45, 2.75) is 18.9 Å². The standard InChI is InChI=1S/C17H24N4O2/c22-17(20-7-3-4-8-20)21-10-14-13(12-23-15(14)11-21)9-19-16-5-1-2-6-18-16/h1-2,5-6,13-15H,3-4,7-12H2,(H,18,19)/t13-,14+,15+/m1/s1. The van der Waals surface area contributed by atoms with Crippen molar-refractivity contribution in [2.75, 3.05) is 44.6 Å². The quantitative estimate of drug-likeness (QED) is 0.921. The minimum atomic E-state index is 0.205. The first-order chi connectivity index (χ1) is 11.3. The van der Waals surface area contributed by atoms with E-state index in [-0.39, 0.29) is 12.1 Å². The number of carbonyl (C=O) groups is 1. The van der Waals surface area contributed by atoms with Gasteiger partial charge in [0, 0.05) is 50.8 Å². The molecule has 0 bridgehead atoms. The van der Waals surface area contributed by atoms with Crippen LogP contribution in [0.4, 0.5) is 10.6 Å². The molecule has 1 aromatic heterocycles. The third-order valence-electron chi connectivity index (χ3n) is 5.30. The van der Waals surface area contributed by atoms with E-state index in [1.165, 1.54) is 0 Å². The minimum absolute atomic E-state index is 0.205. The van der Waals surface area contributed by atoms with Crippen molar-refractivity contribution in [1.82, 2.24) is 14.8 Å². The summed E-state index contributed by atoms with van der Waals surface area (Å²) in [7, 11) is 0. The van der Waals surface area contributed by atoms with Gasteiger partial charge >= 0.3 is 6.03 Å². The number of fused-ring (bicyclic) bond motifs is 1. The fourth-order valence-electron chi connectivity index (χ4n) is 3.98. The normalized spacial score (nSPS) is 29.8. The fourth-order valence-corrected chi connectivity index (χ4v) is 3.98. The number of hydrogen-bond donors (Lipinski definition) is 1. The van der Waals surface area contributed by atoms with Crippen molar-refractivity contribution < 1.29 is 9.53 Å². The number of anilines is 1. The number of rotatable bonds is 3. The highest BCUT2D eigenvalue weighted by Crippen LogP contribution is 2.34. The molecule has 0 radical (unpaired) electrons. The van der Waals surface area contributed by atoms with Crippen LogP contribution in [0.1, 0.15) is 12.8 Å². The van der Waals surface area contributed by atoms with Crippen molar-refractivity contribution >= 4 is 11.8 Å². The summed E-state index contributed by atoms with van der Waals surface area (Å²) in [4.78, 5) is 20.8. The lowest BCUT2D eigenvalue weighted by molar-refractivity contribution is 0.0950. The van der Waals surface area contributed by atoms with E-state index in [4.69, 9.17) is 4.74 Å². The molecule has 1 aromatic rings. The van der Waals surface area contributed by atoms with Crippen LogP contribution in [0.2, 0.25) is 0 Å². The van der Waals surface area contributed by atoms with E-state index in [1.54, 1.807) is 6.20 Å². The van der Waals surface area contributed by atoms with Gasteiger partial charge < -0.3 is 19.9 Å². The van der Waals surface area contributed by atoms with Crippen molar-refractivity contribution in [3.63, 3.8) is 0 Å². The summed E-state index contributed by atoms with van der Waals surface area (Å²) >= 11 is 0. The number of likely N-dealkylation sites (tertiary alicyclic amines) is 2. The van der Waals surface area contributed by atoms with Crippen LogP contribution in [-0.2, 0) is 4.74 Å². The molecule has 0 spiro atoms. The van der Waals surface area contributed by atoms with Gasteiger partial charge in [0.25, 0.3) is 0 Å². The summed E-state index contributed by atoms with van der Waals surface area (Å²) in [5, 5.41) is 3.39. The second-order valence-corrected chi connectivity index (χ2v) is 6.77. The van der Waals surface area contributed by atoms with Crippen LogP contribution in [0.15, 0.2) is 24.4 Å². The van der Waals surface area contributed by atoms with E-state index >= 15 is 0 Å². The molecule has 0 saturated carbocycles. The maximum Gasteiger partial charge on any atom is 0.320 e. The predicted molar refractivity (Wildman–Crippen MR) is 87.2 cm³/mol. The Hall–Kier alpha value is -1.82. The van der Waals surface area contributed by atoms with Gasteiger partial charge in [0.15, 0.2) is 0 Å². The van der Waals surface area contributed by atoms with Gasteiger partial charge in [-0.1, -0.05) is 6.07 Å². The Balaban J connectivity index is 1.33. The van der Waals surface area contributed by atoms with Gasteiger partial charge in [-0.15, -0.1) is 0 Å². The summed E-state index contributed by atoms with van der Waals surface area (Å²) in [6.07, 6.45) is 4.28. The topological polar surface area (TPSA) is 57.7 Å². The highest BCUT2D eigenvalue weighted by Gasteiger charge is 2.45. The molecule has 1 N–H and O–H groups in total. The lowest BCUT2D eigenvalue weighted by Crippen LogP contribution is -2.41. The Kier molecular flexibility index (Phi) is 4.08. The van der Waals surface area contributed by atoms with Crippen LogP contribution in [0.5, 0.6) is 0 Å². The Morgan fingerprint density at radius 1 is 1.26 bits per heavy atom. The van der Waals surface area contributed by atoms with E-state index in [1.807, 2.05) is 28.0 Å². The van der Waals surface area contributed by atoms with Gasteiger partial charge in [-0.2, -0.15) is 0 Å². The predicted octanol–water partition coefficient (Wildman–Crippen LogP) is 1.66. The number of pyridine rings is 1. The Morgan fingerprint density at radius 2 is 2.13 bits per heavy atom. The number of urea groups is 1. The molecular weight excluding hydrogens is 292 g/mol. The van der Waals surface area contributed by atoms with Crippen LogP contribution in [0, 0.1) is 11.8 Å². The van der Waals surface area contributed by atoms with Crippen LogP contribution in [-0.4, -0.2) is 66.2 Å². The molecule has 4 heterocycles. The Morgan fingerprint density at radius 3 is 2.91 bits per heavy atom. The second kappa shape index (κ2) is 6.35. The maximum atomic E-state index is 12.5. The second-order valence-electron chi connectivity index (χ2n) is 6.77. The third kappa shape index (κ3) is 3.00. The maximum absolute atomic E-state index is 12.5. The number of aromatic nitrogens is 1. The first kappa shape index (κ1) is 14.8. The molecule has 0 aliphatic carbocycles. The number of hydrogen-bond acceptors (Lipinski definition) is 4. The molecule has 6 heteroatoms. The zero-order valence-electron chi connectivity index (χ0n) is 13.4. The largest absolute Gasteiger partial charge is 0.376 e. The average molecular weight is 316 g/mol. The molecule has 4 rings (SSSR count). The van der Waals surface area contributed by atoms with E-state index in [0.717, 1.165) is 58.0 Å². The third-order valence-corrected chi connectivity index (χ3v) is 5.30. The molecule has 6 nitrogen and oxygen atoms in total. The minimum Gasteiger partial charge on any atom is -0.376 e. The smallest absolute Gasteiger partial charge is 0.320 e. The molecule has 2 amide bonds. The summed E-state index contributed by atoms with van der Waals surface area (Å²) in [6.45, 7) is 5.03. The molecular formula is C17H24N4O2. The van der Waals surface area contributed by atoms with E-state index in [0.29, 0.717) is 11.8 Å². The lowest BCUT2D eigenvalue weighted by atomic mass is 9.93. The van der Waals surface area contributed by atoms with Crippen LogP contribution in [0.3, 0.4) is 0 Å². The van der Waals surface area contributed by atoms with Gasteiger partial charge in [-0.3, -0.25) is 0 Å². The molecule has 23 heavy (non-hydrogen) atoms. The molecule has 3 saturated heterocycles. The highest BCUT2D eigenvalue weighted by molar-refractivity contribution is 5.75. The number of ether oxygens (including phenoxy) is 1. The number of amides is 2. The molecule has 124 valence electrons. The van der Waals surface area contributed by atoms with E-state index in [2.05, 4.69) is 10.3 Å². The van der Waals surface area contributed by atoms with E-state index in [9.17, 15) is 4.79 Å². The van der Waals surface area contributed by atoms with Gasteiger partial charge in [-0.25, -0.2) is 9.78 Å². The van der Waals surface area contributed by atoms with Gasteiger partial charge in [0.05, 0.1) is 12.7 Å². The monoisotopic (exact) mass is 316 g/mol. The number of nitrogens with zero attached hydrogens (tertiary/aromatic N) is 3. The van der Waals surface area contributed by atoms with Crippen LogP contribution >= 0.6 is 0 Å². The van der Waals surface area contributed by atoms with Crippen LogP contribution in [0.25, 0.3) is 0 Å². The zero-order chi connectivity index (χ0) is 15.6. The summed E-state index contributed by atoms with van der Waals surface area (Å²) in [6, 6.07) is 6.08. The van der Waals surface area contributed by atoms with E-state index < -0.39 is 0 Å². The molecule has 0 unspecified atom stereocenters. The molecule has 3 aliphatic rings. The molecule has 3 atom stereocenters. The lowest BCUT2D eigenvalue weighted by Gasteiger charge is -2.25. The zero-order valence-corrected chi connectivity index (χ0v) is 13.4.